The number of carbonyl (C=O) groups is 1. The van der Waals surface area contributed by atoms with E-state index in [0.29, 0.717) is 0 Å². The van der Waals surface area contributed by atoms with Crippen LogP contribution in [0.25, 0.3) is 11.1 Å². The first-order chi connectivity index (χ1) is 13.7. The van der Waals surface area contributed by atoms with Crippen molar-refractivity contribution < 1.29 is 4.79 Å². The van der Waals surface area contributed by atoms with Gasteiger partial charge in [-0.1, -0.05) is 32.0 Å². The zero-order chi connectivity index (χ0) is 19.9. The van der Waals surface area contributed by atoms with Crippen molar-refractivity contribution in [2.75, 3.05) is 25.0 Å². The lowest BCUT2D eigenvalue weighted by Crippen LogP contribution is -2.32. The largest absolute Gasteiger partial charge is 0.384 e. The molecule has 4 nitrogen and oxygen atoms in total. The molecule has 4 heteroatoms. The highest BCUT2D eigenvalue weighted by Crippen LogP contribution is 2.30. The van der Waals surface area contributed by atoms with E-state index in [2.05, 4.69) is 31.3 Å². The molecule has 0 bridgehead atoms. The first-order valence-corrected chi connectivity index (χ1v) is 10.4. The molecule has 1 fully saturated rings. The fraction of sp³-hybridized carbons (Fsp3) is 0.417. The van der Waals surface area contributed by atoms with Gasteiger partial charge >= 0.3 is 0 Å². The molecule has 0 aliphatic heterocycles. The van der Waals surface area contributed by atoms with Crippen molar-refractivity contribution >= 4 is 17.8 Å². The molecule has 1 aliphatic carbocycles. The summed E-state index contributed by atoms with van der Waals surface area (Å²) in [5.74, 6) is 0.901. The fourth-order valence-electron chi connectivity index (χ4n) is 3.44. The van der Waals surface area contributed by atoms with Crippen LogP contribution in [0, 0.1) is 11.3 Å². The second-order valence-electron chi connectivity index (χ2n) is 7.64. The molecule has 2 aromatic rings. The maximum Gasteiger partial charge on any atom is 0.253 e. The summed E-state index contributed by atoms with van der Waals surface area (Å²) >= 11 is 0. The standard InChI is InChI=1S/C24H31N3O/c1-3-13-27(14-4-2)24(28)20-9-7-19(8-10-20)21-11-12-23(22(15-21)16-25)26-17-18-5-6-18/h7-12,15-16,18,25-26H,3-6,13-14,17H2,1-2H3. The molecular formula is C24H31N3O. The number of nitrogens with zero attached hydrogens (tertiary/aromatic N) is 1. The second kappa shape index (κ2) is 9.54. The van der Waals surface area contributed by atoms with E-state index in [-0.39, 0.29) is 5.91 Å². The predicted octanol–water partition coefficient (Wildman–Crippen LogP) is 5.44. The summed E-state index contributed by atoms with van der Waals surface area (Å²) in [6, 6.07) is 14.0. The van der Waals surface area contributed by atoms with Gasteiger partial charge < -0.3 is 15.6 Å². The van der Waals surface area contributed by atoms with Crippen LogP contribution >= 0.6 is 0 Å². The smallest absolute Gasteiger partial charge is 0.253 e. The molecule has 1 aliphatic rings. The Hall–Kier alpha value is -2.62. The summed E-state index contributed by atoms with van der Waals surface area (Å²) in [6.45, 7) is 6.79. The third-order valence-corrected chi connectivity index (χ3v) is 5.22. The van der Waals surface area contributed by atoms with Crippen LogP contribution in [0.3, 0.4) is 0 Å². The van der Waals surface area contributed by atoms with Crippen LogP contribution in [0.2, 0.25) is 0 Å². The van der Waals surface area contributed by atoms with Gasteiger partial charge in [0.15, 0.2) is 0 Å². The van der Waals surface area contributed by atoms with Crippen molar-refractivity contribution in [3.05, 3.63) is 53.6 Å². The van der Waals surface area contributed by atoms with Crippen molar-refractivity contribution in [3.8, 4) is 11.1 Å². The van der Waals surface area contributed by atoms with Crippen LogP contribution < -0.4 is 5.32 Å². The van der Waals surface area contributed by atoms with E-state index in [0.717, 1.165) is 66.3 Å². The monoisotopic (exact) mass is 377 g/mol. The Morgan fingerprint density at radius 2 is 1.71 bits per heavy atom. The minimum absolute atomic E-state index is 0.107. The van der Waals surface area contributed by atoms with Crippen LogP contribution in [0.5, 0.6) is 0 Å². The Kier molecular flexibility index (Phi) is 6.85. The number of rotatable bonds is 10. The van der Waals surface area contributed by atoms with Gasteiger partial charge in [-0.25, -0.2) is 0 Å². The van der Waals surface area contributed by atoms with E-state index < -0.39 is 0 Å². The normalized spacial score (nSPS) is 13.2. The van der Waals surface area contributed by atoms with E-state index in [4.69, 9.17) is 5.41 Å². The molecule has 0 heterocycles. The summed E-state index contributed by atoms with van der Waals surface area (Å²) in [4.78, 5) is 14.7. The highest BCUT2D eigenvalue weighted by Gasteiger charge is 2.21. The second-order valence-corrected chi connectivity index (χ2v) is 7.64. The lowest BCUT2D eigenvalue weighted by atomic mass is 10.0. The average molecular weight is 378 g/mol. The molecule has 2 aromatic carbocycles. The Balaban J connectivity index is 1.74. The van der Waals surface area contributed by atoms with E-state index >= 15 is 0 Å². The third-order valence-electron chi connectivity index (χ3n) is 5.22. The summed E-state index contributed by atoms with van der Waals surface area (Å²) < 4.78 is 0. The molecule has 0 saturated heterocycles. The third kappa shape index (κ3) is 5.00. The molecule has 0 unspecified atom stereocenters. The van der Waals surface area contributed by atoms with E-state index in [9.17, 15) is 4.79 Å². The van der Waals surface area contributed by atoms with Crippen molar-refractivity contribution in [2.24, 2.45) is 5.92 Å². The van der Waals surface area contributed by atoms with Crippen molar-refractivity contribution in [3.63, 3.8) is 0 Å². The number of nitrogens with one attached hydrogen (secondary N) is 2. The van der Waals surface area contributed by atoms with Gasteiger partial charge in [-0.15, -0.1) is 0 Å². The number of hydrogen-bond acceptors (Lipinski definition) is 3. The maximum atomic E-state index is 12.7. The summed E-state index contributed by atoms with van der Waals surface area (Å²) in [5, 5.41) is 11.2. The van der Waals surface area contributed by atoms with Gasteiger partial charge in [0.1, 0.15) is 0 Å². The Morgan fingerprint density at radius 3 is 2.29 bits per heavy atom. The van der Waals surface area contributed by atoms with Crippen LogP contribution in [0.15, 0.2) is 42.5 Å². The van der Waals surface area contributed by atoms with Gasteiger partial charge in [0.25, 0.3) is 5.91 Å². The SMILES string of the molecule is CCCN(CCC)C(=O)c1ccc(-c2ccc(NCC3CC3)c(C=N)c2)cc1. The fourth-order valence-corrected chi connectivity index (χ4v) is 3.44. The van der Waals surface area contributed by atoms with Crippen LogP contribution in [0.4, 0.5) is 5.69 Å². The van der Waals surface area contributed by atoms with E-state index in [1.54, 1.807) is 0 Å². The first-order valence-electron chi connectivity index (χ1n) is 10.4. The highest BCUT2D eigenvalue weighted by molar-refractivity contribution is 5.95. The summed E-state index contributed by atoms with van der Waals surface area (Å²) in [6.07, 6.45) is 5.97. The zero-order valence-corrected chi connectivity index (χ0v) is 17.0. The quantitative estimate of drug-likeness (QED) is 0.542. The minimum atomic E-state index is 0.107. The van der Waals surface area contributed by atoms with Gasteiger partial charge in [-0.2, -0.15) is 0 Å². The van der Waals surface area contributed by atoms with Crippen molar-refractivity contribution in [1.29, 1.82) is 5.41 Å². The van der Waals surface area contributed by atoms with Crippen LogP contribution in [-0.4, -0.2) is 36.7 Å². The molecule has 0 aromatic heterocycles. The number of benzene rings is 2. The van der Waals surface area contributed by atoms with Gasteiger partial charge in [0.05, 0.1) is 0 Å². The van der Waals surface area contributed by atoms with Crippen molar-refractivity contribution in [2.45, 2.75) is 39.5 Å². The number of amides is 1. The summed E-state index contributed by atoms with van der Waals surface area (Å²) in [5.41, 5.74) is 4.78. The molecule has 2 N–H and O–H groups in total. The average Bonchev–Trinajstić information content (AvgIpc) is 3.56. The van der Waals surface area contributed by atoms with Gasteiger partial charge in [-0.05, 0) is 67.0 Å². The molecule has 28 heavy (non-hydrogen) atoms. The molecular weight excluding hydrogens is 346 g/mol. The maximum absolute atomic E-state index is 12.7. The van der Waals surface area contributed by atoms with Crippen LogP contribution in [-0.2, 0) is 0 Å². The molecule has 0 spiro atoms. The topological polar surface area (TPSA) is 56.2 Å². The lowest BCUT2D eigenvalue weighted by Gasteiger charge is -2.21. The minimum Gasteiger partial charge on any atom is -0.384 e. The van der Waals surface area contributed by atoms with Gasteiger partial charge in [0.2, 0.25) is 0 Å². The van der Waals surface area contributed by atoms with E-state index in [1.807, 2.05) is 35.2 Å². The summed E-state index contributed by atoms with van der Waals surface area (Å²) in [7, 11) is 0. The molecule has 0 atom stereocenters. The van der Waals surface area contributed by atoms with E-state index in [1.165, 1.54) is 19.1 Å². The first kappa shape index (κ1) is 20.1. The molecule has 0 radical (unpaired) electrons. The Morgan fingerprint density at radius 1 is 1.07 bits per heavy atom. The number of carbonyl (C=O) groups excluding carboxylic acids is 1. The van der Waals surface area contributed by atoms with Crippen LogP contribution in [0.1, 0.15) is 55.5 Å². The number of anilines is 1. The van der Waals surface area contributed by atoms with Gasteiger partial charge in [0, 0.05) is 42.7 Å². The number of hydrogen-bond donors (Lipinski definition) is 2. The zero-order valence-electron chi connectivity index (χ0n) is 17.0. The predicted molar refractivity (Wildman–Crippen MR) is 117 cm³/mol. The molecule has 1 amide bonds. The highest BCUT2D eigenvalue weighted by atomic mass is 16.2. The molecule has 3 rings (SSSR count). The molecule has 148 valence electrons. The van der Waals surface area contributed by atoms with Crippen molar-refractivity contribution in [1.82, 2.24) is 4.90 Å². The Labute approximate surface area is 168 Å². The van der Waals surface area contributed by atoms with Gasteiger partial charge in [-0.3, -0.25) is 4.79 Å². The lowest BCUT2D eigenvalue weighted by molar-refractivity contribution is 0.0755. The Bertz CT molecular complexity index is 803. The molecule has 1 saturated carbocycles.